The predicted molar refractivity (Wildman–Crippen MR) is 83.0 cm³/mol. The van der Waals surface area contributed by atoms with Gasteiger partial charge in [-0.1, -0.05) is 12.1 Å². The van der Waals surface area contributed by atoms with Gasteiger partial charge in [-0.2, -0.15) is 5.10 Å². The van der Waals surface area contributed by atoms with Crippen molar-refractivity contribution in [3.63, 3.8) is 0 Å². The highest BCUT2D eigenvalue weighted by Gasteiger charge is 2.19. The number of benzene rings is 2. The van der Waals surface area contributed by atoms with Crippen molar-refractivity contribution in [2.24, 2.45) is 0 Å². The van der Waals surface area contributed by atoms with Gasteiger partial charge in [-0.05, 0) is 37.3 Å². The van der Waals surface area contributed by atoms with Gasteiger partial charge in [0.15, 0.2) is 17.5 Å². The van der Waals surface area contributed by atoms with Crippen molar-refractivity contribution in [3.05, 3.63) is 71.2 Å². The third-order valence-corrected chi connectivity index (χ3v) is 3.40. The highest BCUT2D eigenvalue weighted by atomic mass is 19.2. The molecule has 0 radical (unpaired) electrons. The lowest BCUT2D eigenvalue weighted by molar-refractivity contribution is 0.102. The molecule has 1 heterocycles. The van der Waals surface area contributed by atoms with Gasteiger partial charge in [0.2, 0.25) is 0 Å². The van der Waals surface area contributed by atoms with Crippen LogP contribution in [-0.4, -0.2) is 16.1 Å². The average molecular weight is 331 g/mol. The van der Waals surface area contributed by atoms with Crippen LogP contribution >= 0.6 is 0 Å². The Kier molecular flexibility index (Phi) is 4.07. The second kappa shape index (κ2) is 6.19. The molecule has 0 aliphatic heterocycles. The Morgan fingerprint density at radius 3 is 2.58 bits per heavy atom. The number of nitrogens with one attached hydrogen (secondary N) is 2. The maximum Gasteiger partial charge on any atom is 0.258 e. The lowest BCUT2D eigenvalue weighted by atomic mass is 10.1. The number of aromatic nitrogens is 2. The molecule has 0 fully saturated rings. The number of anilines is 1. The van der Waals surface area contributed by atoms with Crippen LogP contribution in [0, 0.1) is 24.4 Å². The number of rotatable bonds is 3. The molecule has 0 saturated heterocycles. The summed E-state index contributed by atoms with van der Waals surface area (Å²) in [6, 6.07) is 10.2. The Bertz CT molecular complexity index is 921. The van der Waals surface area contributed by atoms with E-state index in [2.05, 4.69) is 15.5 Å². The molecule has 0 aliphatic carbocycles. The predicted octanol–water partition coefficient (Wildman–Crippen LogP) is 4.05. The summed E-state index contributed by atoms with van der Waals surface area (Å²) in [6.45, 7) is 1.86. The monoisotopic (exact) mass is 331 g/mol. The molecule has 122 valence electrons. The van der Waals surface area contributed by atoms with Crippen molar-refractivity contribution >= 4 is 11.6 Å². The van der Waals surface area contributed by atoms with Gasteiger partial charge in [0, 0.05) is 16.9 Å². The fourth-order valence-electron chi connectivity index (χ4n) is 2.22. The first kappa shape index (κ1) is 15.8. The maximum atomic E-state index is 13.7. The molecule has 0 atom stereocenters. The van der Waals surface area contributed by atoms with E-state index in [9.17, 15) is 18.0 Å². The van der Waals surface area contributed by atoms with E-state index in [1.165, 1.54) is 0 Å². The van der Waals surface area contributed by atoms with Gasteiger partial charge in [-0.25, -0.2) is 13.2 Å². The molecule has 2 aromatic carbocycles. The smallest absolute Gasteiger partial charge is 0.258 e. The standard InChI is InChI=1S/C17H12F3N3O/c1-9-7-14(23-22-9)10-3-2-4-11(8-10)21-17(24)12-5-6-13(18)16(20)15(12)19/h2-8H,1H3,(H,21,24)(H,22,23). The maximum absolute atomic E-state index is 13.7. The number of hydrogen-bond donors (Lipinski definition) is 2. The largest absolute Gasteiger partial charge is 0.322 e. The molecule has 1 aromatic heterocycles. The van der Waals surface area contributed by atoms with Gasteiger partial charge in [-0.3, -0.25) is 9.89 Å². The van der Waals surface area contributed by atoms with Crippen LogP contribution in [0.3, 0.4) is 0 Å². The molecular formula is C17H12F3N3O. The van der Waals surface area contributed by atoms with Crippen molar-refractivity contribution in [2.45, 2.75) is 6.92 Å². The molecule has 0 spiro atoms. The highest BCUT2D eigenvalue weighted by Crippen LogP contribution is 2.22. The lowest BCUT2D eigenvalue weighted by Gasteiger charge is -2.08. The van der Waals surface area contributed by atoms with Crippen LogP contribution in [0.25, 0.3) is 11.3 Å². The number of aryl methyl sites for hydroxylation is 1. The molecule has 0 saturated carbocycles. The number of aromatic amines is 1. The quantitative estimate of drug-likeness (QED) is 0.711. The van der Waals surface area contributed by atoms with E-state index in [0.29, 0.717) is 17.4 Å². The van der Waals surface area contributed by atoms with Gasteiger partial charge in [-0.15, -0.1) is 0 Å². The highest BCUT2D eigenvalue weighted by molar-refractivity contribution is 6.04. The number of hydrogen-bond acceptors (Lipinski definition) is 2. The van der Waals surface area contributed by atoms with Crippen LogP contribution in [0.2, 0.25) is 0 Å². The van der Waals surface area contributed by atoms with E-state index in [1.54, 1.807) is 24.3 Å². The molecule has 4 nitrogen and oxygen atoms in total. The van der Waals surface area contributed by atoms with Crippen molar-refractivity contribution < 1.29 is 18.0 Å². The third-order valence-electron chi connectivity index (χ3n) is 3.40. The van der Waals surface area contributed by atoms with E-state index < -0.39 is 28.9 Å². The van der Waals surface area contributed by atoms with E-state index in [1.807, 2.05) is 13.0 Å². The Morgan fingerprint density at radius 2 is 1.88 bits per heavy atom. The van der Waals surface area contributed by atoms with Crippen molar-refractivity contribution in [1.29, 1.82) is 0 Å². The van der Waals surface area contributed by atoms with Crippen molar-refractivity contribution in [1.82, 2.24) is 10.2 Å². The van der Waals surface area contributed by atoms with Gasteiger partial charge in [0.25, 0.3) is 5.91 Å². The zero-order valence-electron chi connectivity index (χ0n) is 12.5. The number of H-pyrrole nitrogens is 1. The minimum Gasteiger partial charge on any atom is -0.322 e. The van der Waals surface area contributed by atoms with Gasteiger partial charge >= 0.3 is 0 Å². The Morgan fingerprint density at radius 1 is 1.08 bits per heavy atom. The minimum absolute atomic E-state index is 0.377. The summed E-state index contributed by atoms with van der Waals surface area (Å²) in [5, 5.41) is 9.38. The molecule has 2 N–H and O–H groups in total. The van der Waals surface area contributed by atoms with E-state index >= 15 is 0 Å². The summed E-state index contributed by atoms with van der Waals surface area (Å²) in [5.74, 6) is -5.42. The first-order chi connectivity index (χ1) is 11.5. The van der Waals surface area contributed by atoms with E-state index in [-0.39, 0.29) is 0 Å². The third kappa shape index (κ3) is 3.01. The lowest BCUT2D eigenvalue weighted by Crippen LogP contribution is -2.15. The van der Waals surface area contributed by atoms with Crippen LogP contribution in [0.1, 0.15) is 16.1 Å². The second-order valence-electron chi connectivity index (χ2n) is 5.19. The molecule has 24 heavy (non-hydrogen) atoms. The van der Waals surface area contributed by atoms with Crippen molar-refractivity contribution in [3.8, 4) is 11.3 Å². The van der Waals surface area contributed by atoms with Gasteiger partial charge in [0.05, 0.1) is 11.3 Å². The molecule has 3 rings (SSSR count). The summed E-state index contributed by atoms with van der Waals surface area (Å²) in [5.41, 5.74) is 2.10. The first-order valence-electron chi connectivity index (χ1n) is 7.03. The fourth-order valence-corrected chi connectivity index (χ4v) is 2.22. The number of carbonyl (C=O) groups excluding carboxylic acids is 1. The zero-order chi connectivity index (χ0) is 17.3. The molecule has 7 heteroatoms. The van der Waals surface area contributed by atoms with Crippen LogP contribution in [0.15, 0.2) is 42.5 Å². The molecule has 1 amide bonds. The number of halogens is 3. The zero-order valence-corrected chi connectivity index (χ0v) is 12.5. The van der Waals surface area contributed by atoms with Gasteiger partial charge in [0.1, 0.15) is 0 Å². The topological polar surface area (TPSA) is 57.8 Å². The van der Waals surface area contributed by atoms with Gasteiger partial charge < -0.3 is 5.32 Å². The second-order valence-corrected chi connectivity index (χ2v) is 5.19. The number of carbonyl (C=O) groups is 1. The van der Waals surface area contributed by atoms with Crippen LogP contribution in [0.4, 0.5) is 18.9 Å². The van der Waals surface area contributed by atoms with Crippen LogP contribution < -0.4 is 5.32 Å². The van der Waals surface area contributed by atoms with Crippen LogP contribution in [-0.2, 0) is 0 Å². The molecule has 3 aromatic rings. The molecule has 0 unspecified atom stereocenters. The summed E-state index contributed by atoms with van der Waals surface area (Å²) in [4.78, 5) is 12.1. The fraction of sp³-hybridized carbons (Fsp3) is 0.0588. The minimum atomic E-state index is -1.68. The summed E-state index contributed by atoms with van der Waals surface area (Å²) in [6.07, 6.45) is 0. The van der Waals surface area contributed by atoms with Crippen LogP contribution in [0.5, 0.6) is 0 Å². The Balaban J connectivity index is 1.86. The summed E-state index contributed by atoms with van der Waals surface area (Å²) >= 11 is 0. The summed E-state index contributed by atoms with van der Waals surface area (Å²) < 4.78 is 39.8. The van der Waals surface area contributed by atoms with E-state index in [0.717, 1.165) is 17.3 Å². The molecular weight excluding hydrogens is 319 g/mol. The normalized spacial score (nSPS) is 10.7. The first-order valence-corrected chi connectivity index (χ1v) is 7.03. The Hall–Kier alpha value is -3.09. The number of amides is 1. The number of nitrogens with zero attached hydrogens (tertiary/aromatic N) is 1. The molecule has 0 bridgehead atoms. The Labute approximate surface area is 135 Å². The summed E-state index contributed by atoms with van der Waals surface area (Å²) in [7, 11) is 0. The average Bonchev–Trinajstić information content (AvgIpc) is 2.99. The molecule has 0 aliphatic rings. The van der Waals surface area contributed by atoms with E-state index in [4.69, 9.17) is 0 Å². The SMILES string of the molecule is Cc1cc(-c2cccc(NC(=O)c3ccc(F)c(F)c3F)c2)n[nH]1. The van der Waals surface area contributed by atoms with Crippen molar-refractivity contribution in [2.75, 3.05) is 5.32 Å².